The quantitative estimate of drug-likeness (QED) is 0.707. The summed E-state index contributed by atoms with van der Waals surface area (Å²) in [5.41, 5.74) is 0. The Labute approximate surface area is 86.6 Å². The van der Waals surface area contributed by atoms with Crippen LogP contribution in [0.3, 0.4) is 0 Å². The topological polar surface area (TPSA) is 49.4 Å². The Hall–Kier alpha value is -0.130. The van der Waals surface area contributed by atoms with E-state index < -0.39 is 9.84 Å². The second kappa shape index (κ2) is 4.59. The van der Waals surface area contributed by atoms with Crippen LogP contribution in [0, 0.1) is 0 Å². The molecule has 0 spiro atoms. The van der Waals surface area contributed by atoms with Crippen LogP contribution in [0.2, 0.25) is 0 Å². The third-order valence-corrected chi connectivity index (χ3v) is 4.73. The smallest absolute Gasteiger partial charge is 0.151 e. The second-order valence-electron chi connectivity index (χ2n) is 4.13. The average Bonchev–Trinajstić information content (AvgIpc) is 2.45. The van der Waals surface area contributed by atoms with Crippen molar-refractivity contribution in [2.75, 3.05) is 32.1 Å². The zero-order valence-electron chi connectivity index (χ0n) is 9.16. The molecular formula is C9H20N2O2S. The lowest BCUT2D eigenvalue weighted by Crippen LogP contribution is -2.43. The molecule has 0 aromatic rings. The minimum Gasteiger partial charge on any atom is -0.318 e. The molecule has 1 fully saturated rings. The van der Waals surface area contributed by atoms with Gasteiger partial charge in [-0.3, -0.25) is 4.90 Å². The van der Waals surface area contributed by atoms with Gasteiger partial charge < -0.3 is 5.32 Å². The summed E-state index contributed by atoms with van der Waals surface area (Å²) in [5, 5.41) is 3.10. The molecule has 0 aliphatic carbocycles. The van der Waals surface area contributed by atoms with Gasteiger partial charge in [0.2, 0.25) is 0 Å². The van der Waals surface area contributed by atoms with Crippen LogP contribution < -0.4 is 5.32 Å². The van der Waals surface area contributed by atoms with Gasteiger partial charge >= 0.3 is 0 Å². The minimum absolute atomic E-state index is 0.211. The molecule has 1 saturated heterocycles. The molecule has 1 heterocycles. The molecule has 1 rings (SSSR count). The zero-order valence-corrected chi connectivity index (χ0v) is 9.97. The average molecular weight is 220 g/mol. The van der Waals surface area contributed by atoms with Crippen molar-refractivity contribution in [3.63, 3.8) is 0 Å². The Kier molecular flexibility index (Phi) is 3.92. The summed E-state index contributed by atoms with van der Waals surface area (Å²) in [6.45, 7) is 3.01. The molecule has 0 saturated carbocycles. The van der Waals surface area contributed by atoms with E-state index in [1.807, 2.05) is 14.1 Å². The number of hydrogen-bond donors (Lipinski definition) is 1. The van der Waals surface area contributed by atoms with Gasteiger partial charge in [-0.1, -0.05) is 0 Å². The highest BCUT2D eigenvalue weighted by Crippen LogP contribution is 2.17. The maximum Gasteiger partial charge on any atom is 0.151 e. The number of hydrogen-bond acceptors (Lipinski definition) is 4. The van der Waals surface area contributed by atoms with Crippen LogP contribution in [0.25, 0.3) is 0 Å². The Morgan fingerprint density at radius 2 is 2.21 bits per heavy atom. The van der Waals surface area contributed by atoms with Crippen molar-refractivity contribution in [2.45, 2.75) is 25.4 Å². The van der Waals surface area contributed by atoms with Crippen molar-refractivity contribution in [3.05, 3.63) is 0 Å². The van der Waals surface area contributed by atoms with Crippen molar-refractivity contribution in [1.29, 1.82) is 0 Å². The van der Waals surface area contributed by atoms with Crippen molar-refractivity contribution in [3.8, 4) is 0 Å². The summed E-state index contributed by atoms with van der Waals surface area (Å²) >= 11 is 0. The standard InChI is InChI=1S/C9H20N2O2S/c1-8(6-10-2)11(3)9-4-5-14(12,13)7-9/h8-10H,4-7H2,1-3H3. The first-order chi connectivity index (χ1) is 6.46. The number of rotatable bonds is 4. The number of nitrogens with one attached hydrogen (secondary N) is 1. The third kappa shape index (κ3) is 2.93. The fraction of sp³-hybridized carbons (Fsp3) is 1.00. The van der Waals surface area contributed by atoms with E-state index in [1.54, 1.807) is 0 Å². The van der Waals surface area contributed by atoms with E-state index in [4.69, 9.17) is 0 Å². The van der Waals surface area contributed by atoms with Crippen LogP contribution in [0.1, 0.15) is 13.3 Å². The van der Waals surface area contributed by atoms with Crippen molar-refractivity contribution < 1.29 is 8.42 Å². The molecule has 0 aromatic carbocycles. The van der Waals surface area contributed by atoms with Gasteiger partial charge in [-0.15, -0.1) is 0 Å². The van der Waals surface area contributed by atoms with Crippen LogP contribution in [-0.4, -0.2) is 57.5 Å². The summed E-state index contributed by atoms with van der Waals surface area (Å²) < 4.78 is 22.6. The van der Waals surface area contributed by atoms with Crippen LogP contribution in [-0.2, 0) is 9.84 Å². The highest BCUT2D eigenvalue weighted by molar-refractivity contribution is 7.91. The highest BCUT2D eigenvalue weighted by atomic mass is 32.2. The van der Waals surface area contributed by atoms with Crippen molar-refractivity contribution in [1.82, 2.24) is 10.2 Å². The zero-order chi connectivity index (χ0) is 10.8. The van der Waals surface area contributed by atoms with Gasteiger partial charge in [0, 0.05) is 18.6 Å². The second-order valence-corrected chi connectivity index (χ2v) is 6.36. The van der Waals surface area contributed by atoms with Crippen LogP contribution in [0.15, 0.2) is 0 Å². The fourth-order valence-corrected chi connectivity index (χ4v) is 3.68. The van der Waals surface area contributed by atoms with E-state index in [-0.39, 0.29) is 6.04 Å². The van der Waals surface area contributed by atoms with Crippen molar-refractivity contribution in [2.24, 2.45) is 0 Å². The number of sulfone groups is 1. The Balaban J connectivity index is 2.50. The van der Waals surface area contributed by atoms with Gasteiger partial charge in [-0.2, -0.15) is 0 Å². The maximum atomic E-state index is 11.3. The number of likely N-dealkylation sites (N-methyl/N-ethyl adjacent to an activating group) is 2. The van der Waals surface area contributed by atoms with Gasteiger partial charge in [0.25, 0.3) is 0 Å². The van der Waals surface area contributed by atoms with E-state index in [0.29, 0.717) is 17.5 Å². The molecule has 0 radical (unpaired) electrons. The first-order valence-corrected chi connectivity index (χ1v) is 6.85. The molecule has 1 aliphatic heterocycles. The van der Waals surface area contributed by atoms with E-state index >= 15 is 0 Å². The maximum absolute atomic E-state index is 11.3. The molecule has 0 bridgehead atoms. The number of nitrogens with zero attached hydrogens (tertiary/aromatic N) is 1. The van der Waals surface area contributed by atoms with E-state index in [1.165, 1.54) is 0 Å². The first kappa shape index (κ1) is 11.9. The highest BCUT2D eigenvalue weighted by Gasteiger charge is 2.31. The van der Waals surface area contributed by atoms with Gasteiger partial charge in [0.05, 0.1) is 11.5 Å². The summed E-state index contributed by atoms with van der Waals surface area (Å²) in [5.74, 6) is 0.686. The normalized spacial score (nSPS) is 28.1. The lowest BCUT2D eigenvalue weighted by molar-refractivity contribution is 0.197. The largest absolute Gasteiger partial charge is 0.318 e. The summed E-state index contributed by atoms with van der Waals surface area (Å²) in [7, 11) is 1.17. The molecular weight excluding hydrogens is 200 g/mol. The van der Waals surface area contributed by atoms with E-state index in [9.17, 15) is 8.42 Å². The van der Waals surface area contributed by atoms with Gasteiger partial charge in [-0.25, -0.2) is 8.42 Å². The molecule has 84 valence electrons. The molecule has 5 heteroatoms. The molecule has 2 unspecified atom stereocenters. The fourth-order valence-electron chi connectivity index (χ4n) is 1.90. The third-order valence-electron chi connectivity index (χ3n) is 2.98. The monoisotopic (exact) mass is 220 g/mol. The first-order valence-electron chi connectivity index (χ1n) is 5.03. The van der Waals surface area contributed by atoms with Crippen LogP contribution >= 0.6 is 0 Å². The van der Waals surface area contributed by atoms with Gasteiger partial charge in [-0.05, 0) is 27.4 Å². The van der Waals surface area contributed by atoms with Gasteiger partial charge in [0.1, 0.15) is 0 Å². The van der Waals surface area contributed by atoms with Crippen molar-refractivity contribution >= 4 is 9.84 Å². The SMILES string of the molecule is CNCC(C)N(C)C1CCS(=O)(=O)C1. The molecule has 1 aliphatic rings. The molecule has 14 heavy (non-hydrogen) atoms. The lowest BCUT2D eigenvalue weighted by Gasteiger charge is -2.29. The van der Waals surface area contributed by atoms with Gasteiger partial charge in [0.15, 0.2) is 9.84 Å². The van der Waals surface area contributed by atoms with E-state index in [0.717, 1.165) is 13.0 Å². The molecule has 1 N–H and O–H groups in total. The van der Waals surface area contributed by atoms with Crippen LogP contribution in [0.4, 0.5) is 0 Å². The summed E-state index contributed by atoms with van der Waals surface area (Å²) in [4.78, 5) is 2.17. The van der Waals surface area contributed by atoms with E-state index in [2.05, 4.69) is 17.1 Å². The predicted octanol–water partition coefficient (Wildman–Crippen LogP) is -0.287. The summed E-state index contributed by atoms with van der Waals surface area (Å²) in [6, 6.07) is 0.599. The minimum atomic E-state index is -2.75. The Morgan fingerprint density at radius 1 is 1.57 bits per heavy atom. The predicted molar refractivity (Wildman–Crippen MR) is 58.2 cm³/mol. The molecule has 4 nitrogen and oxygen atoms in total. The summed E-state index contributed by atoms with van der Waals surface area (Å²) in [6.07, 6.45) is 0.785. The molecule has 0 amide bonds. The Morgan fingerprint density at radius 3 is 2.64 bits per heavy atom. The Bertz CT molecular complexity index is 277. The lowest BCUT2D eigenvalue weighted by atomic mass is 10.2. The van der Waals surface area contributed by atoms with Crippen LogP contribution in [0.5, 0.6) is 0 Å². The molecule has 0 aromatic heterocycles. The molecule has 2 atom stereocenters.